The molecule has 2 aromatic rings. The topological polar surface area (TPSA) is 53.3 Å². The fourth-order valence-electron chi connectivity index (χ4n) is 1.77. The summed E-state index contributed by atoms with van der Waals surface area (Å²) in [7, 11) is 0. The van der Waals surface area contributed by atoms with Crippen molar-refractivity contribution < 1.29 is 8.83 Å². The number of nitriles is 1. The molecule has 0 bridgehead atoms. The highest BCUT2D eigenvalue weighted by atomic mass is 16.3. The summed E-state index contributed by atoms with van der Waals surface area (Å²) >= 11 is 0. The third-order valence-corrected chi connectivity index (χ3v) is 2.69. The average Bonchev–Trinajstić information content (AvgIpc) is 3.08. The molecule has 4 heteroatoms. The van der Waals surface area contributed by atoms with Gasteiger partial charge in [0, 0.05) is 19.5 Å². The van der Waals surface area contributed by atoms with Crippen molar-refractivity contribution in [1.82, 2.24) is 4.90 Å². The number of furan rings is 2. The van der Waals surface area contributed by atoms with E-state index in [9.17, 15) is 0 Å². The lowest BCUT2D eigenvalue weighted by atomic mass is 10.3. The number of rotatable bonds is 7. The van der Waals surface area contributed by atoms with Crippen LogP contribution in [0.25, 0.3) is 6.08 Å². The van der Waals surface area contributed by atoms with Gasteiger partial charge in [-0.05, 0) is 30.3 Å². The van der Waals surface area contributed by atoms with E-state index in [0.29, 0.717) is 13.0 Å². The van der Waals surface area contributed by atoms with Crippen LogP contribution in [-0.4, -0.2) is 18.0 Å². The molecular weight excluding hydrogens is 240 g/mol. The first-order chi connectivity index (χ1) is 9.38. The summed E-state index contributed by atoms with van der Waals surface area (Å²) in [4.78, 5) is 2.15. The van der Waals surface area contributed by atoms with Gasteiger partial charge in [-0.15, -0.1) is 0 Å². The second-order valence-corrected chi connectivity index (χ2v) is 4.14. The average molecular weight is 256 g/mol. The predicted octanol–water partition coefficient (Wildman–Crippen LogP) is 3.30. The molecule has 4 nitrogen and oxygen atoms in total. The molecule has 0 radical (unpaired) electrons. The van der Waals surface area contributed by atoms with Gasteiger partial charge in [0.15, 0.2) is 0 Å². The van der Waals surface area contributed by atoms with Crippen LogP contribution < -0.4 is 0 Å². The van der Waals surface area contributed by atoms with Crippen LogP contribution in [0.4, 0.5) is 0 Å². The molecule has 2 rings (SSSR count). The van der Waals surface area contributed by atoms with Gasteiger partial charge in [0.05, 0.1) is 25.1 Å². The van der Waals surface area contributed by atoms with Crippen LogP contribution in [0.15, 0.2) is 51.7 Å². The first-order valence-corrected chi connectivity index (χ1v) is 6.20. The lowest BCUT2D eigenvalue weighted by Gasteiger charge is -2.17. The predicted molar refractivity (Wildman–Crippen MR) is 72.0 cm³/mol. The zero-order valence-corrected chi connectivity index (χ0v) is 10.7. The Labute approximate surface area is 112 Å². The molecule has 98 valence electrons. The Morgan fingerprint density at radius 2 is 2.05 bits per heavy atom. The van der Waals surface area contributed by atoms with Crippen LogP contribution in [0.1, 0.15) is 17.9 Å². The van der Waals surface area contributed by atoms with Crippen molar-refractivity contribution in [3.63, 3.8) is 0 Å². The van der Waals surface area contributed by atoms with E-state index in [2.05, 4.69) is 11.0 Å². The van der Waals surface area contributed by atoms with Crippen molar-refractivity contribution in [3.8, 4) is 6.07 Å². The molecule has 0 aromatic carbocycles. The van der Waals surface area contributed by atoms with Gasteiger partial charge in [0.1, 0.15) is 11.5 Å². The van der Waals surface area contributed by atoms with Gasteiger partial charge in [-0.1, -0.05) is 6.08 Å². The first-order valence-electron chi connectivity index (χ1n) is 6.20. The second-order valence-electron chi connectivity index (χ2n) is 4.14. The maximum atomic E-state index is 8.68. The van der Waals surface area contributed by atoms with E-state index in [0.717, 1.165) is 24.6 Å². The van der Waals surface area contributed by atoms with Crippen LogP contribution in [0.5, 0.6) is 0 Å². The molecule has 19 heavy (non-hydrogen) atoms. The fraction of sp³-hybridized carbons (Fsp3) is 0.267. The van der Waals surface area contributed by atoms with Gasteiger partial charge in [0.25, 0.3) is 0 Å². The smallest absolute Gasteiger partial charge is 0.126 e. The largest absolute Gasteiger partial charge is 0.468 e. The molecule has 0 aliphatic carbocycles. The van der Waals surface area contributed by atoms with Gasteiger partial charge in [-0.3, -0.25) is 4.90 Å². The van der Waals surface area contributed by atoms with Crippen LogP contribution in [0, 0.1) is 11.3 Å². The maximum absolute atomic E-state index is 8.68. The molecule has 0 atom stereocenters. The minimum atomic E-state index is 0.509. The van der Waals surface area contributed by atoms with Crippen molar-refractivity contribution >= 4 is 6.08 Å². The molecule has 0 saturated carbocycles. The number of nitrogens with zero attached hydrogens (tertiary/aromatic N) is 2. The Morgan fingerprint density at radius 3 is 2.74 bits per heavy atom. The molecule has 2 aromatic heterocycles. The molecule has 0 aliphatic heterocycles. The number of hydrogen-bond acceptors (Lipinski definition) is 4. The summed E-state index contributed by atoms with van der Waals surface area (Å²) in [5, 5.41) is 8.68. The van der Waals surface area contributed by atoms with Gasteiger partial charge < -0.3 is 8.83 Å². The van der Waals surface area contributed by atoms with E-state index in [1.54, 1.807) is 12.5 Å². The molecule has 0 saturated heterocycles. The van der Waals surface area contributed by atoms with E-state index in [1.807, 2.05) is 36.4 Å². The third-order valence-electron chi connectivity index (χ3n) is 2.69. The molecule has 2 heterocycles. The Kier molecular flexibility index (Phi) is 5.03. The van der Waals surface area contributed by atoms with Crippen molar-refractivity contribution in [2.45, 2.75) is 13.0 Å². The molecule has 0 unspecified atom stereocenters. The Balaban J connectivity index is 1.88. The monoisotopic (exact) mass is 256 g/mol. The standard InChI is InChI=1S/C15H16N2O2/c16-8-4-10-17(13-15-7-3-12-19-15)9-1-5-14-6-2-11-18-14/h1-3,5-7,11-12H,4,9-10,13H2/b5-1-. The van der Waals surface area contributed by atoms with Crippen molar-refractivity contribution in [2.75, 3.05) is 13.1 Å². The summed E-state index contributed by atoms with van der Waals surface area (Å²) in [6.07, 6.45) is 7.78. The van der Waals surface area contributed by atoms with Gasteiger partial charge in [0.2, 0.25) is 0 Å². The molecular formula is C15H16N2O2. The van der Waals surface area contributed by atoms with E-state index in [-0.39, 0.29) is 0 Å². The van der Waals surface area contributed by atoms with E-state index in [4.69, 9.17) is 14.1 Å². The Hall–Kier alpha value is -2.25. The summed E-state index contributed by atoms with van der Waals surface area (Å²) < 4.78 is 10.6. The van der Waals surface area contributed by atoms with E-state index in [1.165, 1.54) is 0 Å². The third kappa shape index (κ3) is 4.49. The van der Waals surface area contributed by atoms with Gasteiger partial charge in [-0.25, -0.2) is 0 Å². The molecule has 0 aliphatic rings. The van der Waals surface area contributed by atoms with E-state index >= 15 is 0 Å². The highest BCUT2D eigenvalue weighted by Gasteiger charge is 2.05. The minimum absolute atomic E-state index is 0.509. The van der Waals surface area contributed by atoms with E-state index < -0.39 is 0 Å². The van der Waals surface area contributed by atoms with Gasteiger partial charge >= 0.3 is 0 Å². The van der Waals surface area contributed by atoms with Crippen LogP contribution in [-0.2, 0) is 6.54 Å². The SMILES string of the molecule is N#CCCN(C/C=C\c1ccco1)Cc1ccco1. The van der Waals surface area contributed by atoms with Gasteiger partial charge in [-0.2, -0.15) is 5.26 Å². The summed E-state index contributed by atoms with van der Waals surface area (Å²) in [5.74, 6) is 1.74. The second kappa shape index (κ2) is 7.24. The Morgan fingerprint density at radius 1 is 1.21 bits per heavy atom. The van der Waals surface area contributed by atoms with Crippen molar-refractivity contribution in [1.29, 1.82) is 5.26 Å². The van der Waals surface area contributed by atoms with Crippen LogP contribution in [0.3, 0.4) is 0 Å². The zero-order chi connectivity index (χ0) is 13.3. The molecule has 0 fully saturated rings. The lowest BCUT2D eigenvalue weighted by molar-refractivity contribution is 0.274. The quantitative estimate of drug-likeness (QED) is 0.762. The van der Waals surface area contributed by atoms with Crippen molar-refractivity contribution in [2.24, 2.45) is 0 Å². The van der Waals surface area contributed by atoms with Crippen LogP contribution in [0.2, 0.25) is 0 Å². The summed E-state index contributed by atoms with van der Waals surface area (Å²) in [6, 6.07) is 9.74. The highest BCUT2D eigenvalue weighted by molar-refractivity contribution is 5.42. The maximum Gasteiger partial charge on any atom is 0.126 e. The fourth-order valence-corrected chi connectivity index (χ4v) is 1.77. The van der Waals surface area contributed by atoms with Crippen molar-refractivity contribution in [3.05, 3.63) is 54.4 Å². The Bertz CT molecular complexity index is 521. The minimum Gasteiger partial charge on any atom is -0.468 e. The highest BCUT2D eigenvalue weighted by Crippen LogP contribution is 2.07. The molecule has 0 N–H and O–H groups in total. The lowest BCUT2D eigenvalue weighted by Crippen LogP contribution is -2.24. The van der Waals surface area contributed by atoms with Crippen LogP contribution >= 0.6 is 0 Å². The molecule has 0 spiro atoms. The summed E-state index contributed by atoms with van der Waals surface area (Å²) in [5.41, 5.74) is 0. The normalized spacial score (nSPS) is 11.2. The number of hydrogen-bond donors (Lipinski definition) is 0. The zero-order valence-electron chi connectivity index (χ0n) is 10.7. The first kappa shape index (κ1) is 13.2. The summed E-state index contributed by atoms with van der Waals surface area (Å²) in [6.45, 7) is 2.18. The molecule has 0 amide bonds.